The Labute approximate surface area is 115 Å². The topological polar surface area (TPSA) is 71.5 Å². The average Bonchev–Trinajstić information content (AvgIpc) is 2.67. The lowest BCUT2D eigenvalue weighted by molar-refractivity contribution is -0.121. The first-order valence-corrected chi connectivity index (χ1v) is 8.82. The van der Waals surface area contributed by atoms with Crippen LogP contribution in [0.2, 0.25) is 0 Å². The zero-order chi connectivity index (χ0) is 14.0. The third-order valence-electron chi connectivity index (χ3n) is 2.75. The Hall–Kier alpha value is -1.34. The Kier molecular flexibility index (Phi) is 3.96. The van der Waals surface area contributed by atoms with Crippen molar-refractivity contribution in [1.29, 1.82) is 0 Å². The molecule has 1 aliphatic heterocycles. The summed E-state index contributed by atoms with van der Waals surface area (Å²) in [7, 11) is -2.92. The smallest absolute Gasteiger partial charge is 0.253 e. The fourth-order valence-electron chi connectivity index (χ4n) is 1.92. The van der Waals surface area contributed by atoms with Crippen molar-refractivity contribution in [1.82, 2.24) is 0 Å². The first-order valence-electron chi connectivity index (χ1n) is 5.77. The van der Waals surface area contributed by atoms with Crippen LogP contribution in [0.5, 0.6) is 0 Å². The van der Waals surface area contributed by atoms with Crippen LogP contribution in [0.15, 0.2) is 30.3 Å². The summed E-state index contributed by atoms with van der Waals surface area (Å²) in [6.45, 7) is 1.69. The van der Waals surface area contributed by atoms with Crippen molar-refractivity contribution in [3.8, 4) is 0 Å². The third-order valence-corrected chi connectivity index (χ3v) is 6.77. The number of hydrogen-bond acceptors (Lipinski definition) is 5. The Balaban J connectivity index is 2.32. The van der Waals surface area contributed by atoms with E-state index in [2.05, 4.69) is 0 Å². The standard InChI is InChI=1S/C12H13NO4S2/c1-2-18-19(16,17)10-8-11(14)13(12(10)15)9-6-4-3-5-7-9/h3-7,10H,2,8H2,1H3. The summed E-state index contributed by atoms with van der Waals surface area (Å²) in [6, 6.07) is 8.36. The molecular formula is C12H13NO4S2. The minimum Gasteiger partial charge on any atom is -0.274 e. The van der Waals surface area contributed by atoms with E-state index in [0.717, 1.165) is 4.90 Å². The van der Waals surface area contributed by atoms with Gasteiger partial charge >= 0.3 is 0 Å². The summed E-state index contributed by atoms with van der Waals surface area (Å²) < 4.78 is 23.9. The fourth-order valence-corrected chi connectivity index (χ4v) is 5.05. The summed E-state index contributed by atoms with van der Waals surface area (Å²) in [4.78, 5) is 25.0. The lowest BCUT2D eigenvalue weighted by Crippen LogP contribution is -2.34. The van der Waals surface area contributed by atoms with Crippen molar-refractivity contribution in [2.75, 3.05) is 10.7 Å². The van der Waals surface area contributed by atoms with E-state index in [-0.39, 0.29) is 6.42 Å². The first-order chi connectivity index (χ1) is 8.97. The van der Waals surface area contributed by atoms with Gasteiger partial charge in [-0.2, -0.15) is 0 Å². The van der Waals surface area contributed by atoms with Gasteiger partial charge in [0.1, 0.15) is 0 Å². The summed E-state index contributed by atoms with van der Waals surface area (Å²) in [5, 5.41) is -1.26. The summed E-state index contributed by atoms with van der Waals surface area (Å²) in [5.74, 6) is -0.773. The lowest BCUT2D eigenvalue weighted by atomic mass is 10.3. The maximum Gasteiger partial charge on any atom is 0.253 e. The number of rotatable bonds is 4. The minimum absolute atomic E-state index is 0.275. The molecule has 0 bridgehead atoms. The molecule has 0 radical (unpaired) electrons. The number of carbonyl (C=O) groups is 2. The molecule has 2 rings (SSSR count). The van der Waals surface area contributed by atoms with Gasteiger partial charge in [0, 0.05) is 5.75 Å². The predicted octanol–water partition coefficient (Wildman–Crippen LogP) is 1.40. The molecule has 1 fully saturated rings. The van der Waals surface area contributed by atoms with Gasteiger partial charge in [-0.05, 0) is 22.9 Å². The lowest BCUT2D eigenvalue weighted by Gasteiger charge is -2.14. The normalized spacial score (nSPS) is 20.1. The SMILES string of the molecule is CCSS(=O)(=O)C1CC(=O)N(c2ccccc2)C1=O. The van der Waals surface area contributed by atoms with Crippen molar-refractivity contribution in [2.24, 2.45) is 0 Å². The maximum atomic E-state index is 12.2. The van der Waals surface area contributed by atoms with Gasteiger partial charge in [0.05, 0.1) is 12.1 Å². The highest BCUT2D eigenvalue weighted by atomic mass is 33.1. The van der Waals surface area contributed by atoms with Crippen LogP contribution >= 0.6 is 10.8 Å². The first kappa shape index (κ1) is 14.1. The molecule has 1 aromatic rings. The zero-order valence-corrected chi connectivity index (χ0v) is 11.9. The molecule has 2 amide bonds. The summed E-state index contributed by atoms with van der Waals surface area (Å²) in [5.41, 5.74) is 0.414. The molecule has 1 heterocycles. The molecule has 1 aromatic carbocycles. The largest absolute Gasteiger partial charge is 0.274 e. The molecule has 0 aliphatic carbocycles. The van der Waals surface area contributed by atoms with E-state index < -0.39 is 25.9 Å². The molecule has 1 aliphatic rings. The summed E-state index contributed by atoms with van der Waals surface area (Å²) >= 11 is 0. The van der Waals surface area contributed by atoms with Crippen LogP contribution < -0.4 is 4.90 Å². The van der Waals surface area contributed by atoms with Crippen molar-refractivity contribution < 1.29 is 18.0 Å². The molecule has 102 valence electrons. The van der Waals surface area contributed by atoms with Crippen LogP contribution in [0.1, 0.15) is 13.3 Å². The van der Waals surface area contributed by atoms with Gasteiger partial charge in [0.15, 0.2) is 5.25 Å². The van der Waals surface area contributed by atoms with Gasteiger partial charge in [-0.1, -0.05) is 25.1 Å². The van der Waals surface area contributed by atoms with Gasteiger partial charge in [-0.15, -0.1) is 0 Å². The van der Waals surface area contributed by atoms with Crippen molar-refractivity contribution in [3.05, 3.63) is 30.3 Å². The molecular weight excluding hydrogens is 286 g/mol. The second-order valence-electron chi connectivity index (χ2n) is 4.00. The van der Waals surface area contributed by atoms with Gasteiger partial charge in [-0.3, -0.25) is 9.59 Å². The molecule has 7 heteroatoms. The molecule has 0 N–H and O–H groups in total. The summed E-state index contributed by atoms with van der Waals surface area (Å²) in [6.07, 6.45) is -0.275. The highest BCUT2D eigenvalue weighted by Gasteiger charge is 2.46. The average molecular weight is 299 g/mol. The van der Waals surface area contributed by atoms with E-state index >= 15 is 0 Å². The fraction of sp³-hybridized carbons (Fsp3) is 0.333. The highest BCUT2D eigenvalue weighted by Crippen LogP contribution is 2.30. The number of anilines is 1. The Morgan fingerprint density at radius 3 is 2.47 bits per heavy atom. The number of para-hydroxylation sites is 1. The van der Waals surface area contributed by atoms with Gasteiger partial charge in [-0.25, -0.2) is 13.3 Å². The number of nitrogens with zero attached hydrogens (tertiary/aromatic N) is 1. The van der Waals surface area contributed by atoms with Gasteiger partial charge < -0.3 is 0 Å². The molecule has 19 heavy (non-hydrogen) atoms. The molecule has 0 saturated carbocycles. The zero-order valence-electron chi connectivity index (χ0n) is 10.3. The van der Waals surface area contributed by atoms with E-state index in [9.17, 15) is 18.0 Å². The van der Waals surface area contributed by atoms with Crippen LogP contribution in [0.3, 0.4) is 0 Å². The molecule has 5 nitrogen and oxygen atoms in total. The molecule has 0 spiro atoms. The van der Waals surface area contributed by atoms with Crippen molar-refractivity contribution in [3.63, 3.8) is 0 Å². The predicted molar refractivity (Wildman–Crippen MR) is 74.4 cm³/mol. The molecule has 1 unspecified atom stereocenters. The number of amides is 2. The van der Waals surface area contributed by atoms with Crippen LogP contribution in [0, 0.1) is 0 Å². The molecule has 0 aromatic heterocycles. The Bertz CT molecular complexity index is 597. The second kappa shape index (κ2) is 5.34. The Morgan fingerprint density at radius 1 is 1.26 bits per heavy atom. The van der Waals surface area contributed by atoms with Crippen LogP contribution in [-0.4, -0.2) is 31.2 Å². The van der Waals surface area contributed by atoms with Crippen LogP contribution in [0.25, 0.3) is 0 Å². The van der Waals surface area contributed by atoms with Crippen molar-refractivity contribution >= 4 is 37.2 Å². The number of hydrogen-bond donors (Lipinski definition) is 0. The second-order valence-corrected chi connectivity index (χ2v) is 8.46. The van der Waals surface area contributed by atoms with E-state index in [0.29, 0.717) is 22.2 Å². The number of benzene rings is 1. The van der Waals surface area contributed by atoms with Gasteiger partial charge in [0.2, 0.25) is 14.8 Å². The number of carbonyl (C=O) groups excluding carboxylic acids is 2. The van der Waals surface area contributed by atoms with Crippen molar-refractivity contribution in [2.45, 2.75) is 18.6 Å². The monoisotopic (exact) mass is 299 g/mol. The van der Waals surface area contributed by atoms with E-state index in [1.807, 2.05) is 0 Å². The Morgan fingerprint density at radius 2 is 1.89 bits per heavy atom. The van der Waals surface area contributed by atoms with E-state index in [1.165, 1.54) is 0 Å². The number of imide groups is 1. The van der Waals surface area contributed by atoms with Crippen LogP contribution in [-0.2, 0) is 18.5 Å². The quantitative estimate of drug-likeness (QED) is 0.621. The molecule has 1 atom stereocenters. The molecule has 1 saturated heterocycles. The van der Waals surface area contributed by atoms with E-state index in [1.54, 1.807) is 37.3 Å². The highest BCUT2D eigenvalue weighted by molar-refractivity contribution is 8.72. The van der Waals surface area contributed by atoms with Gasteiger partial charge in [0.25, 0.3) is 5.91 Å². The van der Waals surface area contributed by atoms with Crippen LogP contribution in [0.4, 0.5) is 5.69 Å². The van der Waals surface area contributed by atoms with E-state index in [4.69, 9.17) is 0 Å². The third kappa shape index (κ3) is 2.66. The minimum atomic E-state index is -3.63. The maximum absolute atomic E-state index is 12.2.